The van der Waals surface area contributed by atoms with Gasteiger partial charge >= 0.3 is 0 Å². The van der Waals surface area contributed by atoms with Crippen molar-refractivity contribution in [2.45, 2.75) is 26.8 Å². The largest absolute Gasteiger partial charge is 0.382 e. The summed E-state index contributed by atoms with van der Waals surface area (Å²) in [5, 5.41) is 6.57. The molecule has 0 aromatic heterocycles. The average molecular weight is 391 g/mol. The second-order valence-corrected chi connectivity index (χ2v) is 4.39. The SMILES string of the molecule is CCOCCCNC(=NC)NCc1cccc(C)c1.I. The van der Waals surface area contributed by atoms with E-state index >= 15 is 0 Å². The molecule has 0 saturated carbocycles. The molecule has 0 aliphatic carbocycles. The van der Waals surface area contributed by atoms with Gasteiger partial charge in [0.15, 0.2) is 5.96 Å². The standard InChI is InChI=1S/C15H25N3O.HI/c1-4-19-10-6-9-17-15(16-3)18-12-14-8-5-7-13(2)11-14;/h5,7-8,11H,4,6,9-10,12H2,1-3H3,(H2,16,17,18);1H. The number of nitrogens with one attached hydrogen (secondary N) is 2. The first-order valence-electron chi connectivity index (χ1n) is 6.84. The zero-order valence-electron chi connectivity index (χ0n) is 12.6. The third-order valence-electron chi connectivity index (χ3n) is 2.73. The first kappa shape index (κ1) is 19.2. The Labute approximate surface area is 139 Å². The summed E-state index contributed by atoms with van der Waals surface area (Å²) < 4.78 is 5.29. The lowest BCUT2D eigenvalue weighted by atomic mass is 10.1. The average Bonchev–Trinajstić information content (AvgIpc) is 2.42. The zero-order valence-corrected chi connectivity index (χ0v) is 14.9. The fourth-order valence-electron chi connectivity index (χ4n) is 1.75. The van der Waals surface area contributed by atoms with Gasteiger partial charge in [0.1, 0.15) is 0 Å². The monoisotopic (exact) mass is 391 g/mol. The molecule has 1 aromatic carbocycles. The van der Waals surface area contributed by atoms with Crippen molar-refractivity contribution in [3.8, 4) is 0 Å². The number of aliphatic imine (C=N–C) groups is 1. The predicted molar refractivity (Wildman–Crippen MR) is 95.9 cm³/mol. The van der Waals surface area contributed by atoms with Crippen LogP contribution in [0.5, 0.6) is 0 Å². The van der Waals surface area contributed by atoms with Gasteiger partial charge in [0.2, 0.25) is 0 Å². The Morgan fingerprint density at radius 3 is 2.75 bits per heavy atom. The van der Waals surface area contributed by atoms with Crippen LogP contribution in [0, 0.1) is 6.92 Å². The third kappa shape index (κ3) is 8.37. The highest BCUT2D eigenvalue weighted by atomic mass is 127. The van der Waals surface area contributed by atoms with Gasteiger partial charge < -0.3 is 15.4 Å². The van der Waals surface area contributed by atoms with Crippen molar-refractivity contribution in [1.29, 1.82) is 0 Å². The van der Waals surface area contributed by atoms with Gasteiger partial charge in [-0.25, -0.2) is 0 Å². The van der Waals surface area contributed by atoms with Crippen LogP contribution in [-0.2, 0) is 11.3 Å². The molecule has 4 nitrogen and oxygen atoms in total. The Hall–Kier alpha value is -0.820. The van der Waals surface area contributed by atoms with Crippen LogP contribution < -0.4 is 10.6 Å². The molecule has 0 radical (unpaired) electrons. The highest BCUT2D eigenvalue weighted by Gasteiger charge is 1.98. The van der Waals surface area contributed by atoms with Crippen LogP contribution in [-0.4, -0.2) is 32.8 Å². The number of hydrogen-bond acceptors (Lipinski definition) is 2. The maximum Gasteiger partial charge on any atom is 0.191 e. The van der Waals surface area contributed by atoms with E-state index in [-0.39, 0.29) is 24.0 Å². The second kappa shape index (κ2) is 12.0. The van der Waals surface area contributed by atoms with Crippen molar-refractivity contribution >= 4 is 29.9 Å². The van der Waals surface area contributed by atoms with Crippen molar-refractivity contribution in [2.75, 3.05) is 26.8 Å². The summed E-state index contributed by atoms with van der Waals surface area (Å²) in [4.78, 5) is 4.20. The van der Waals surface area contributed by atoms with E-state index in [9.17, 15) is 0 Å². The van der Waals surface area contributed by atoms with E-state index in [4.69, 9.17) is 4.74 Å². The molecule has 0 aliphatic heterocycles. The van der Waals surface area contributed by atoms with E-state index in [1.165, 1.54) is 11.1 Å². The maximum atomic E-state index is 5.29. The number of guanidine groups is 1. The summed E-state index contributed by atoms with van der Waals surface area (Å²) in [7, 11) is 1.79. The Bertz CT molecular complexity index is 396. The molecule has 1 rings (SSSR count). The molecule has 0 atom stereocenters. The molecule has 1 aromatic rings. The third-order valence-corrected chi connectivity index (χ3v) is 2.73. The van der Waals surface area contributed by atoms with E-state index in [2.05, 4.69) is 46.8 Å². The topological polar surface area (TPSA) is 45.6 Å². The Morgan fingerprint density at radius 1 is 1.30 bits per heavy atom. The van der Waals surface area contributed by atoms with Crippen LogP contribution in [0.3, 0.4) is 0 Å². The molecular formula is C15H26IN3O. The summed E-state index contributed by atoms with van der Waals surface area (Å²) in [5.41, 5.74) is 2.54. The lowest BCUT2D eigenvalue weighted by Gasteiger charge is -2.12. The lowest BCUT2D eigenvalue weighted by Crippen LogP contribution is -2.37. The lowest BCUT2D eigenvalue weighted by molar-refractivity contribution is 0.145. The van der Waals surface area contributed by atoms with E-state index in [0.29, 0.717) is 0 Å². The maximum absolute atomic E-state index is 5.29. The van der Waals surface area contributed by atoms with Crippen LogP contribution in [0.2, 0.25) is 0 Å². The van der Waals surface area contributed by atoms with Gasteiger partial charge in [-0.2, -0.15) is 0 Å². The summed E-state index contributed by atoms with van der Waals surface area (Å²) in [6.07, 6.45) is 0.985. The zero-order chi connectivity index (χ0) is 13.9. The quantitative estimate of drug-likeness (QED) is 0.325. The molecule has 2 N–H and O–H groups in total. The molecule has 5 heteroatoms. The Kier molecular flexibility index (Phi) is 11.5. The van der Waals surface area contributed by atoms with Crippen molar-refractivity contribution in [3.63, 3.8) is 0 Å². The summed E-state index contributed by atoms with van der Waals surface area (Å²) in [6, 6.07) is 8.46. The van der Waals surface area contributed by atoms with Crippen molar-refractivity contribution in [1.82, 2.24) is 10.6 Å². The van der Waals surface area contributed by atoms with Crippen LogP contribution in [0.25, 0.3) is 0 Å². The number of ether oxygens (including phenoxy) is 1. The van der Waals surface area contributed by atoms with Crippen LogP contribution in [0.15, 0.2) is 29.3 Å². The predicted octanol–water partition coefficient (Wildman–Crippen LogP) is 2.70. The molecular weight excluding hydrogens is 365 g/mol. The van der Waals surface area contributed by atoms with Gasteiger partial charge in [0.05, 0.1) is 0 Å². The van der Waals surface area contributed by atoms with Crippen molar-refractivity contribution < 1.29 is 4.74 Å². The molecule has 0 saturated heterocycles. The molecule has 0 unspecified atom stereocenters. The molecule has 0 spiro atoms. The van der Waals surface area contributed by atoms with Crippen LogP contribution in [0.1, 0.15) is 24.5 Å². The van der Waals surface area contributed by atoms with E-state index < -0.39 is 0 Å². The first-order chi connectivity index (χ1) is 9.26. The number of rotatable bonds is 7. The van der Waals surface area contributed by atoms with Crippen LogP contribution in [0.4, 0.5) is 0 Å². The van der Waals surface area contributed by atoms with Crippen LogP contribution >= 0.6 is 24.0 Å². The number of halogens is 1. The van der Waals surface area contributed by atoms with Gasteiger partial charge in [0.25, 0.3) is 0 Å². The second-order valence-electron chi connectivity index (χ2n) is 4.39. The summed E-state index contributed by atoms with van der Waals surface area (Å²) in [5.74, 6) is 0.831. The van der Waals surface area contributed by atoms with Gasteiger partial charge in [-0.15, -0.1) is 24.0 Å². The number of benzene rings is 1. The van der Waals surface area contributed by atoms with Gasteiger partial charge in [0, 0.05) is 33.4 Å². The molecule has 0 aliphatic rings. The highest BCUT2D eigenvalue weighted by molar-refractivity contribution is 14.0. The van der Waals surface area contributed by atoms with E-state index in [1.807, 2.05) is 6.92 Å². The van der Waals surface area contributed by atoms with E-state index in [0.717, 1.165) is 38.7 Å². The number of nitrogens with zero attached hydrogens (tertiary/aromatic N) is 1. The van der Waals surface area contributed by atoms with Gasteiger partial charge in [-0.05, 0) is 25.8 Å². The van der Waals surface area contributed by atoms with E-state index in [1.54, 1.807) is 7.05 Å². The minimum absolute atomic E-state index is 0. The fourth-order valence-corrected chi connectivity index (χ4v) is 1.75. The highest BCUT2D eigenvalue weighted by Crippen LogP contribution is 2.02. The Balaban J connectivity index is 0.00000361. The number of hydrogen-bond donors (Lipinski definition) is 2. The normalized spacial score (nSPS) is 10.8. The Morgan fingerprint density at radius 2 is 2.10 bits per heavy atom. The summed E-state index contributed by atoms with van der Waals surface area (Å²) >= 11 is 0. The van der Waals surface area contributed by atoms with Crippen molar-refractivity contribution in [2.24, 2.45) is 4.99 Å². The minimum Gasteiger partial charge on any atom is -0.382 e. The molecule has 20 heavy (non-hydrogen) atoms. The molecule has 0 fully saturated rings. The van der Waals surface area contributed by atoms with Crippen molar-refractivity contribution in [3.05, 3.63) is 35.4 Å². The molecule has 0 amide bonds. The van der Waals surface area contributed by atoms with Gasteiger partial charge in [-0.3, -0.25) is 4.99 Å². The minimum atomic E-state index is 0. The summed E-state index contributed by atoms with van der Waals surface area (Å²) in [6.45, 7) is 7.33. The smallest absolute Gasteiger partial charge is 0.191 e. The number of aryl methyl sites for hydroxylation is 1. The molecule has 114 valence electrons. The van der Waals surface area contributed by atoms with Gasteiger partial charge in [-0.1, -0.05) is 29.8 Å². The molecule has 0 bridgehead atoms. The first-order valence-corrected chi connectivity index (χ1v) is 6.84. The fraction of sp³-hybridized carbons (Fsp3) is 0.533. The molecule has 0 heterocycles.